The number of rotatable bonds is 1. The van der Waals surface area contributed by atoms with Crippen molar-refractivity contribution in [2.24, 2.45) is 5.92 Å². The summed E-state index contributed by atoms with van der Waals surface area (Å²) < 4.78 is 0. The molecule has 3 aliphatic rings. The van der Waals surface area contributed by atoms with E-state index in [-0.39, 0.29) is 0 Å². The van der Waals surface area contributed by atoms with E-state index in [0.717, 1.165) is 24.8 Å². The Morgan fingerprint density at radius 3 is 2.19 bits per heavy atom. The average Bonchev–Trinajstić information content (AvgIpc) is 2.63. The van der Waals surface area contributed by atoms with E-state index < -0.39 is 0 Å². The van der Waals surface area contributed by atoms with E-state index >= 15 is 0 Å². The molecule has 2 heteroatoms. The summed E-state index contributed by atoms with van der Waals surface area (Å²) in [5.41, 5.74) is 0. The molecule has 0 N–H and O–H groups in total. The Kier molecular flexibility index (Phi) is 2.78. The van der Waals surface area contributed by atoms with Crippen LogP contribution in [0.1, 0.15) is 58.3 Å². The lowest BCUT2D eigenvalue weighted by atomic mass is 9.81. The summed E-state index contributed by atoms with van der Waals surface area (Å²) in [6.07, 6.45) is 9.75. The molecule has 1 aliphatic carbocycles. The van der Waals surface area contributed by atoms with Crippen LogP contribution in [0.15, 0.2) is 0 Å². The summed E-state index contributed by atoms with van der Waals surface area (Å²) in [5.74, 6) is 1.38. The Balaban J connectivity index is 1.80. The van der Waals surface area contributed by atoms with Gasteiger partial charge in [0.05, 0.1) is 0 Å². The average molecular weight is 221 g/mol. The first kappa shape index (κ1) is 10.8. The minimum atomic E-state index is 0.525. The third kappa shape index (κ3) is 1.71. The number of hydrogen-bond donors (Lipinski definition) is 0. The number of carbonyl (C=O) groups excluding carboxylic acids is 1. The number of Topliss-reactive ketones (excluding diaryl/α,β-unsaturated/α-hetero) is 1. The van der Waals surface area contributed by atoms with Crippen molar-refractivity contribution in [3.05, 3.63) is 0 Å². The molecular weight excluding hydrogens is 198 g/mol. The summed E-state index contributed by atoms with van der Waals surface area (Å²) in [6.45, 7) is 2.41. The van der Waals surface area contributed by atoms with Gasteiger partial charge >= 0.3 is 0 Å². The van der Waals surface area contributed by atoms with Crippen molar-refractivity contribution >= 4 is 5.78 Å². The second-order valence-corrected chi connectivity index (χ2v) is 6.11. The number of fused-ring (bicyclic) bond motifs is 2. The standard InChI is InChI=1S/C14H23NO/c1-10-4-2-7-14(10)15-11-5-3-6-12(15)9-13(16)8-11/h10-12,14H,2-9H2,1H3. The van der Waals surface area contributed by atoms with E-state index in [9.17, 15) is 4.79 Å². The van der Waals surface area contributed by atoms with Gasteiger partial charge in [-0.05, 0) is 31.6 Å². The van der Waals surface area contributed by atoms with E-state index in [1.165, 1.54) is 38.5 Å². The molecule has 0 aromatic carbocycles. The van der Waals surface area contributed by atoms with Crippen molar-refractivity contribution in [2.45, 2.75) is 76.4 Å². The Hall–Kier alpha value is -0.370. The lowest BCUT2D eigenvalue weighted by molar-refractivity contribution is -0.129. The van der Waals surface area contributed by atoms with E-state index in [2.05, 4.69) is 11.8 Å². The van der Waals surface area contributed by atoms with Crippen LogP contribution >= 0.6 is 0 Å². The van der Waals surface area contributed by atoms with Gasteiger partial charge in [0.25, 0.3) is 0 Å². The van der Waals surface area contributed by atoms with Gasteiger partial charge in [0, 0.05) is 31.0 Å². The Labute approximate surface area is 98.4 Å². The number of carbonyl (C=O) groups is 1. The van der Waals surface area contributed by atoms with Gasteiger partial charge in [0.15, 0.2) is 0 Å². The smallest absolute Gasteiger partial charge is 0.136 e. The van der Waals surface area contributed by atoms with Gasteiger partial charge in [-0.3, -0.25) is 9.69 Å². The SMILES string of the molecule is CC1CCCC1N1C2CCCC1CC(=O)C2. The number of hydrogen-bond acceptors (Lipinski definition) is 2. The van der Waals surface area contributed by atoms with Crippen LogP contribution in [-0.4, -0.2) is 28.8 Å². The molecule has 1 saturated carbocycles. The summed E-state index contributed by atoms with van der Waals surface area (Å²) in [5, 5.41) is 0. The summed E-state index contributed by atoms with van der Waals surface area (Å²) in [6, 6.07) is 2.00. The molecule has 2 nitrogen and oxygen atoms in total. The highest BCUT2D eigenvalue weighted by molar-refractivity contribution is 5.80. The molecule has 3 rings (SSSR count). The fourth-order valence-electron chi connectivity index (χ4n) is 4.32. The number of piperidine rings is 2. The Morgan fingerprint density at radius 2 is 1.62 bits per heavy atom. The normalized spacial score (nSPS) is 44.9. The quantitative estimate of drug-likeness (QED) is 0.678. The molecule has 2 aliphatic heterocycles. The second kappa shape index (κ2) is 4.14. The molecular formula is C14H23NO. The molecule has 0 aromatic heterocycles. The highest BCUT2D eigenvalue weighted by Crippen LogP contribution is 2.40. The van der Waals surface area contributed by atoms with Crippen molar-refractivity contribution in [1.29, 1.82) is 0 Å². The number of nitrogens with zero attached hydrogens (tertiary/aromatic N) is 1. The van der Waals surface area contributed by atoms with Crippen LogP contribution in [0, 0.1) is 5.92 Å². The predicted octanol–water partition coefficient (Wildman–Crippen LogP) is 2.76. The zero-order valence-corrected chi connectivity index (χ0v) is 10.3. The highest BCUT2D eigenvalue weighted by atomic mass is 16.1. The van der Waals surface area contributed by atoms with Crippen molar-refractivity contribution in [1.82, 2.24) is 4.90 Å². The zero-order valence-electron chi connectivity index (χ0n) is 10.3. The molecule has 90 valence electrons. The molecule has 0 spiro atoms. The van der Waals surface area contributed by atoms with Crippen LogP contribution in [0.2, 0.25) is 0 Å². The third-order valence-corrected chi connectivity index (χ3v) is 5.04. The van der Waals surface area contributed by atoms with E-state index in [1.54, 1.807) is 0 Å². The second-order valence-electron chi connectivity index (χ2n) is 6.11. The van der Waals surface area contributed by atoms with Crippen molar-refractivity contribution in [2.75, 3.05) is 0 Å². The minimum absolute atomic E-state index is 0.525. The molecule has 4 unspecified atom stereocenters. The molecule has 4 atom stereocenters. The predicted molar refractivity (Wildman–Crippen MR) is 64.3 cm³/mol. The lowest BCUT2D eigenvalue weighted by Crippen LogP contribution is -2.57. The van der Waals surface area contributed by atoms with Crippen molar-refractivity contribution in [3.8, 4) is 0 Å². The van der Waals surface area contributed by atoms with Gasteiger partial charge in [-0.2, -0.15) is 0 Å². The van der Waals surface area contributed by atoms with Crippen LogP contribution in [0.5, 0.6) is 0 Å². The third-order valence-electron chi connectivity index (χ3n) is 5.04. The molecule has 0 amide bonds. The molecule has 2 bridgehead atoms. The fraction of sp³-hybridized carbons (Fsp3) is 0.929. The molecule has 2 heterocycles. The van der Waals surface area contributed by atoms with Gasteiger partial charge in [-0.1, -0.05) is 19.8 Å². The van der Waals surface area contributed by atoms with Gasteiger partial charge < -0.3 is 0 Å². The molecule has 16 heavy (non-hydrogen) atoms. The van der Waals surface area contributed by atoms with Crippen LogP contribution in [0.3, 0.4) is 0 Å². The summed E-state index contributed by atoms with van der Waals surface area (Å²) in [7, 11) is 0. The first-order chi connectivity index (χ1) is 7.75. The zero-order chi connectivity index (χ0) is 11.1. The van der Waals surface area contributed by atoms with Crippen molar-refractivity contribution in [3.63, 3.8) is 0 Å². The lowest BCUT2D eigenvalue weighted by Gasteiger charge is -2.49. The van der Waals surface area contributed by atoms with Crippen LogP contribution < -0.4 is 0 Å². The fourth-order valence-corrected chi connectivity index (χ4v) is 4.32. The van der Waals surface area contributed by atoms with Crippen LogP contribution in [-0.2, 0) is 4.79 Å². The van der Waals surface area contributed by atoms with Gasteiger partial charge in [0.1, 0.15) is 5.78 Å². The van der Waals surface area contributed by atoms with Gasteiger partial charge in [-0.15, -0.1) is 0 Å². The maximum atomic E-state index is 11.7. The Bertz CT molecular complexity index is 272. The van der Waals surface area contributed by atoms with Crippen LogP contribution in [0.4, 0.5) is 0 Å². The van der Waals surface area contributed by atoms with Crippen LogP contribution in [0.25, 0.3) is 0 Å². The van der Waals surface area contributed by atoms with Crippen molar-refractivity contribution < 1.29 is 4.79 Å². The molecule has 3 fully saturated rings. The first-order valence-electron chi connectivity index (χ1n) is 7.05. The molecule has 0 radical (unpaired) electrons. The van der Waals surface area contributed by atoms with E-state index in [0.29, 0.717) is 17.9 Å². The maximum Gasteiger partial charge on any atom is 0.136 e. The largest absolute Gasteiger partial charge is 0.300 e. The summed E-state index contributed by atoms with van der Waals surface area (Å²) in [4.78, 5) is 14.5. The molecule has 0 aromatic rings. The van der Waals surface area contributed by atoms with Gasteiger partial charge in [-0.25, -0.2) is 0 Å². The highest BCUT2D eigenvalue weighted by Gasteiger charge is 2.43. The van der Waals surface area contributed by atoms with E-state index in [4.69, 9.17) is 0 Å². The minimum Gasteiger partial charge on any atom is -0.300 e. The Morgan fingerprint density at radius 1 is 1.00 bits per heavy atom. The van der Waals surface area contributed by atoms with E-state index in [1.807, 2.05) is 0 Å². The molecule has 2 saturated heterocycles. The summed E-state index contributed by atoms with van der Waals surface area (Å²) >= 11 is 0. The first-order valence-corrected chi connectivity index (χ1v) is 7.05. The maximum absolute atomic E-state index is 11.7. The topological polar surface area (TPSA) is 20.3 Å². The monoisotopic (exact) mass is 221 g/mol. The number of ketones is 1. The van der Waals surface area contributed by atoms with Gasteiger partial charge in [0.2, 0.25) is 0 Å².